The summed E-state index contributed by atoms with van der Waals surface area (Å²) in [6.07, 6.45) is -0.371. The fourth-order valence-electron chi connectivity index (χ4n) is 3.35. The van der Waals surface area contributed by atoms with Gasteiger partial charge in [-0.05, 0) is 45.7 Å². The maximum absolute atomic E-state index is 12.7. The molecule has 0 saturated carbocycles. The van der Waals surface area contributed by atoms with Crippen LogP contribution in [0.3, 0.4) is 0 Å². The number of carbonyl (C=O) groups excluding carboxylic acids is 1. The number of aryl methyl sites for hydroxylation is 1. The molecule has 1 aliphatic rings. The summed E-state index contributed by atoms with van der Waals surface area (Å²) in [4.78, 5) is 20.0. The summed E-state index contributed by atoms with van der Waals surface area (Å²) in [7, 11) is 0. The molecule has 0 aliphatic carbocycles. The minimum absolute atomic E-state index is 0.122. The van der Waals surface area contributed by atoms with Crippen LogP contribution < -0.4 is 5.32 Å². The van der Waals surface area contributed by atoms with Crippen molar-refractivity contribution in [3.8, 4) is 10.6 Å². The number of likely N-dealkylation sites (tertiary alicyclic amines) is 1. The third kappa shape index (κ3) is 5.70. The number of nitrogens with zero attached hydrogens (tertiary/aromatic N) is 2. The molecule has 1 saturated heterocycles. The van der Waals surface area contributed by atoms with Crippen LogP contribution in [-0.4, -0.2) is 41.5 Å². The van der Waals surface area contributed by atoms with E-state index >= 15 is 0 Å². The van der Waals surface area contributed by atoms with E-state index in [4.69, 9.17) is 0 Å². The summed E-state index contributed by atoms with van der Waals surface area (Å²) in [6.45, 7) is 8.74. The van der Waals surface area contributed by atoms with Crippen molar-refractivity contribution in [2.75, 3.05) is 19.6 Å². The first-order valence-corrected chi connectivity index (χ1v) is 10.8. The van der Waals surface area contributed by atoms with Crippen molar-refractivity contribution in [2.24, 2.45) is 0 Å². The lowest BCUT2D eigenvalue weighted by Gasteiger charge is -2.31. The highest BCUT2D eigenvalue weighted by atomic mass is 32.1. The molecular formula is C22H26F3N3OS. The van der Waals surface area contributed by atoms with Crippen LogP contribution in [0.1, 0.15) is 47.6 Å². The summed E-state index contributed by atoms with van der Waals surface area (Å²) >= 11 is 1.21. The van der Waals surface area contributed by atoms with E-state index in [9.17, 15) is 18.0 Å². The van der Waals surface area contributed by atoms with Crippen LogP contribution in [0.5, 0.6) is 0 Å². The highest BCUT2D eigenvalue weighted by Crippen LogP contribution is 2.33. The Labute approximate surface area is 178 Å². The van der Waals surface area contributed by atoms with Gasteiger partial charge in [0.1, 0.15) is 9.88 Å². The molecule has 0 radical (unpaired) electrons. The molecule has 2 aromatic rings. The van der Waals surface area contributed by atoms with Crippen LogP contribution in [0.15, 0.2) is 35.9 Å². The molecular weight excluding hydrogens is 411 g/mol. The zero-order valence-electron chi connectivity index (χ0n) is 17.3. The van der Waals surface area contributed by atoms with Gasteiger partial charge in [-0.3, -0.25) is 9.69 Å². The number of amides is 1. The van der Waals surface area contributed by atoms with Gasteiger partial charge in [0.25, 0.3) is 5.91 Å². The number of thiazole rings is 1. The monoisotopic (exact) mass is 437 g/mol. The van der Waals surface area contributed by atoms with Crippen molar-refractivity contribution in [2.45, 2.75) is 45.8 Å². The molecule has 4 nitrogen and oxygen atoms in total. The molecule has 1 amide bonds. The Hall–Kier alpha value is -2.19. The molecule has 162 valence electrons. The molecule has 2 heterocycles. The maximum Gasteiger partial charge on any atom is 0.416 e. The summed E-state index contributed by atoms with van der Waals surface area (Å²) < 4.78 is 38.2. The number of alkyl halides is 3. The van der Waals surface area contributed by atoms with E-state index in [2.05, 4.69) is 35.1 Å². The third-order valence-electron chi connectivity index (χ3n) is 5.14. The van der Waals surface area contributed by atoms with Gasteiger partial charge in [-0.15, -0.1) is 11.3 Å². The van der Waals surface area contributed by atoms with E-state index in [-0.39, 0.29) is 11.9 Å². The first-order chi connectivity index (χ1) is 14.1. The van der Waals surface area contributed by atoms with Gasteiger partial charge in [-0.2, -0.15) is 13.2 Å². The smallest absolute Gasteiger partial charge is 0.348 e. The van der Waals surface area contributed by atoms with E-state index in [0.29, 0.717) is 21.1 Å². The predicted octanol–water partition coefficient (Wildman–Crippen LogP) is 5.30. The van der Waals surface area contributed by atoms with Gasteiger partial charge in [-0.25, -0.2) is 4.98 Å². The Balaban J connectivity index is 1.61. The Morgan fingerprint density at radius 3 is 2.43 bits per heavy atom. The number of allylic oxidation sites excluding steroid dienone is 1. The molecule has 3 rings (SSSR count). The fourth-order valence-corrected chi connectivity index (χ4v) is 4.33. The molecule has 0 atom stereocenters. The quantitative estimate of drug-likeness (QED) is 0.646. The van der Waals surface area contributed by atoms with Gasteiger partial charge in [0.05, 0.1) is 11.3 Å². The van der Waals surface area contributed by atoms with Crippen molar-refractivity contribution in [1.29, 1.82) is 0 Å². The summed E-state index contributed by atoms with van der Waals surface area (Å²) in [6, 6.07) is 4.98. The van der Waals surface area contributed by atoms with Crippen LogP contribution in [0, 0.1) is 6.92 Å². The zero-order chi connectivity index (χ0) is 21.9. The van der Waals surface area contributed by atoms with Crippen molar-refractivity contribution < 1.29 is 18.0 Å². The SMILES string of the molecule is CC(C)=CCN1CCC(NC(=O)c2sc(-c3ccc(C(F)(F)F)cc3)nc2C)CC1. The largest absolute Gasteiger partial charge is 0.416 e. The van der Waals surface area contributed by atoms with Crippen molar-refractivity contribution in [3.63, 3.8) is 0 Å². The van der Waals surface area contributed by atoms with E-state index in [1.165, 1.54) is 29.0 Å². The van der Waals surface area contributed by atoms with Gasteiger partial charge in [0.2, 0.25) is 0 Å². The van der Waals surface area contributed by atoms with Gasteiger partial charge in [0.15, 0.2) is 0 Å². The van der Waals surface area contributed by atoms with Gasteiger partial charge in [-0.1, -0.05) is 23.8 Å². The molecule has 8 heteroatoms. The third-order valence-corrected chi connectivity index (χ3v) is 6.35. The van der Waals surface area contributed by atoms with Gasteiger partial charge >= 0.3 is 6.18 Å². The second-order valence-corrected chi connectivity index (χ2v) is 8.84. The Morgan fingerprint density at radius 1 is 1.23 bits per heavy atom. The number of nitrogens with one attached hydrogen (secondary N) is 1. The minimum Gasteiger partial charge on any atom is -0.348 e. The summed E-state index contributed by atoms with van der Waals surface area (Å²) in [5, 5.41) is 3.64. The topological polar surface area (TPSA) is 45.2 Å². The summed E-state index contributed by atoms with van der Waals surface area (Å²) in [5.74, 6) is -0.161. The number of hydrogen-bond acceptors (Lipinski definition) is 4. The Morgan fingerprint density at radius 2 is 1.87 bits per heavy atom. The highest BCUT2D eigenvalue weighted by Gasteiger charge is 2.30. The fraction of sp³-hybridized carbons (Fsp3) is 0.455. The van der Waals surface area contributed by atoms with Gasteiger partial charge in [0, 0.05) is 31.2 Å². The number of carbonyl (C=O) groups is 1. The van der Waals surface area contributed by atoms with Gasteiger partial charge < -0.3 is 5.32 Å². The predicted molar refractivity (Wildman–Crippen MR) is 114 cm³/mol. The van der Waals surface area contributed by atoms with Crippen molar-refractivity contribution >= 4 is 17.2 Å². The number of hydrogen-bond donors (Lipinski definition) is 1. The van der Waals surface area contributed by atoms with E-state index in [1.54, 1.807) is 6.92 Å². The first kappa shape index (κ1) is 22.5. The standard InChI is InChI=1S/C22H26F3N3OS/c1-14(2)8-11-28-12-9-18(10-13-28)27-20(29)19-15(3)26-21(30-19)16-4-6-17(7-5-16)22(23,24)25/h4-8,18H,9-13H2,1-3H3,(H,27,29). The second-order valence-electron chi connectivity index (χ2n) is 7.84. The van der Waals surface area contributed by atoms with Crippen LogP contribution in [0.4, 0.5) is 13.2 Å². The number of aromatic nitrogens is 1. The molecule has 1 aliphatic heterocycles. The molecule has 1 fully saturated rings. The molecule has 1 aromatic carbocycles. The van der Waals surface area contributed by atoms with Crippen molar-refractivity contribution in [1.82, 2.24) is 15.2 Å². The van der Waals surface area contributed by atoms with E-state index in [0.717, 1.165) is 44.6 Å². The molecule has 0 unspecified atom stereocenters. The average Bonchev–Trinajstić information content (AvgIpc) is 3.08. The number of halogens is 3. The normalized spacial score (nSPS) is 15.8. The zero-order valence-corrected chi connectivity index (χ0v) is 18.2. The number of benzene rings is 1. The average molecular weight is 438 g/mol. The molecule has 0 bridgehead atoms. The second kappa shape index (κ2) is 9.31. The lowest BCUT2D eigenvalue weighted by atomic mass is 10.0. The maximum atomic E-state index is 12.7. The lowest BCUT2D eigenvalue weighted by molar-refractivity contribution is -0.137. The van der Waals surface area contributed by atoms with Crippen molar-refractivity contribution in [3.05, 3.63) is 52.0 Å². The Kier molecular flexibility index (Phi) is 6.98. The molecule has 30 heavy (non-hydrogen) atoms. The molecule has 1 N–H and O–H groups in total. The van der Waals surface area contributed by atoms with E-state index in [1.807, 2.05) is 0 Å². The first-order valence-electron chi connectivity index (χ1n) is 9.95. The molecule has 1 aromatic heterocycles. The van der Waals surface area contributed by atoms with Crippen LogP contribution in [-0.2, 0) is 6.18 Å². The van der Waals surface area contributed by atoms with E-state index < -0.39 is 11.7 Å². The lowest BCUT2D eigenvalue weighted by Crippen LogP contribution is -2.44. The number of rotatable bonds is 5. The number of piperidine rings is 1. The minimum atomic E-state index is -4.37. The van der Waals surface area contributed by atoms with Crippen LogP contribution in [0.25, 0.3) is 10.6 Å². The molecule has 0 spiro atoms. The van der Waals surface area contributed by atoms with Crippen LogP contribution in [0.2, 0.25) is 0 Å². The van der Waals surface area contributed by atoms with Crippen LogP contribution >= 0.6 is 11.3 Å². The summed E-state index contributed by atoms with van der Waals surface area (Å²) in [5.41, 5.74) is 1.76. The Bertz CT molecular complexity index is 907. The highest BCUT2D eigenvalue weighted by molar-refractivity contribution is 7.17.